The fraction of sp³-hybridized carbons (Fsp3) is 0.485. The normalized spacial score (nSPS) is 20.2. The number of aromatic nitrogens is 3. The standard InChI is InChI=1S/C33H34F2N6O5S/c1-31(2,3)46-30(43)40-28-19(13-36)22-18(5-6-21(34)26(22)47-28)24-23(35)25-20(14-37-24)27(41-11-4-7-33(15-41)10-12-45-33)39-29(38-25)44-17-32(16-42)8-9-32/h5-6,14,42H,4,7-12,15-17H2,1-3H3,(H,40,43)/t33-/m0/s1. The van der Waals surface area contributed by atoms with E-state index in [9.17, 15) is 15.2 Å². The molecule has 1 saturated carbocycles. The number of fused-ring (bicyclic) bond motifs is 2. The van der Waals surface area contributed by atoms with Crippen LogP contribution >= 0.6 is 11.3 Å². The van der Waals surface area contributed by atoms with Gasteiger partial charge in [0.2, 0.25) is 0 Å². The average Bonchev–Trinajstić information content (AvgIpc) is 3.72. The van der Waals surface area contributed by atoms with Crippen molar-refractivity contribution in [1.82, 2.24) is 15.0 Å². The number of nitrogens with zero attached hydrogens (tertiary/aromatic N) is 5. The Balaban J connectivity index is 1.34. The van der Waals surface area contributed by atoms with E-state index in [4.69, 9.17) is 19.2 Å². The van der Waals surface area contributed by atoms with Crippen LogP contribution in [0.25, 0.3) is 32.2 Å². The summed E-state index contributed by atoms with van der Waals surface area (Å²) in [6.07, 6.45) is 5.02. The number of nitriles is 1. The number of hydrogen-bond donors (Lipinski definition) is 2. The number of amides is 1. The van der Waals surface area contributed by atoms with Crippen LogP contribution in [0.2, 0.25) is 0 Å². The summed E-state index contributed by atoms with van der Waals surface area (Å²) in [4.78, 5) is 28.3. The van der Waals surface area contributed by atoms with Crippen LogP contribution in [0.3, 0.4) is 0 Å². The minimum absolute atomic E-state index is 0.0289. The Bertz CT molecular complexity index is 1950. The molecule has 14 heteroatoms. The second-order valence-corrected chi connectivity index (χ2v) is 14.6. The molecule has 1 amide bonds. The summed E-state index contributed by atoms with van der Waals surface area (Å²) in [5.41, 5.74) is -1.51. The molecule has 2 N–H and O–H groups in total. The number of benzene rings is 1. The zero-order valence-electron chi connectivity index (χ0n) is 26.3. The number of pyridine rings is 1. The molecule has 5 heterocycles. The van der Waals surface area contributed by atoms with Crippen molar-refractivity contribution in [1.29, 1.82) is 5.26 Å². The highest BCUT2D eigenvalue weighted by molar-refractivity contribution is 7.23. The molecule has 0 bridgehead atoms. The maximum Gasteiger partial charge on any atom is 0.412 e. The summed E-state index contributed by atoms with van der Waals surface area (Å²) in [6, 6.07) is 4.55. The molecule has 3 aliphatic rings. The Hall–Kier alpha value is -4.19. The summed E-state index contributed by atoms with van der Waals surface area (Å²) in [5, 5.41) is 23.1. The number of hydrogen-bond acceptors (Lipinski definition) is 11. The smallest absolute Gasteiger partial charge is 0.412 e. The van der Waals surface area contributed by atoms with Gasteiger partial charge in [-0.2, -0.15) is 15.2 Å². The predicted molar refractivity (Wildman–Crippen MR) is 172 cm³/mol. The van der Waals surface area contributed by atoms with E-state index in [0.717, 1.165) is 43.4 Å². The van der Waals surface area contributed by atoms with E-state index in [1.807, 2.05) is 6.07 Å². The lowest BCUT2D eigenvalue weighted by molar-refractivity contribution is -0.151. The third-order valence-electron chi connectivity index (χ3n) is 9.02. The van der Waals surface area contributed by atoms with Crippen LogP contribution in [-0.2, 0) is 9.47 Å². The van der Waals surface area contributed by atoms with Gasteiger partial charge in [0, 0.05) is 42.1 Å². The van der Waals surface area contributed by atoms with Gasteiger partial charge in [0.25, 0.3) is 0 Å². The molecular weight excluding hydrogens is 630 g/mol. The maximum atomic E-state index is 16.8. The highest BCUT2D eigenvalue weighted by Gasteiger charge is 2.44. The Kier molecular flexibility index (Phi) is 7.69. The van der Waals surface area contributed by atoms with Gasteiger partial charge in [-0.25, -0.2) is 13.6 Å². The number of rotatable bonds is 7. The first kappa shape index (κ1) is 31.4. The summed E-state index contributed by atoms with van der Waals surface area (Å²) in [6.45, 7) is 7.19. The molecule has 3 aromatic heterocycles. The number of carbonyl (C=O) groups excluding carboxylic acids is 1. The summed E-state index contributed by atoms with van der Waals surface area (Å²) in [5.74, 6) is -0.970. The van der Waals surface area contributed by atoms with Crippen molar-refractivity contribution in [2.24, 2.45) is 5.41 Å². The highest BCUT2D eigenvalue weighted by Crippen LogP contribution is 2.46. The van der Waals surface area contributed by atoms with Crippen molar-refractivity contribution in [3.05, 3.63) is 35.5 Å². The second kappa shape index (κ2) is 11.5. The van der Waals surface area contributed by atoms with Crippen LogP contribution in [0, 0.1) is 28.4 Å². The molecule has 246 valence electrons. The summed E-state index contributed by atoms with van der Waals surface area (Å²) >= 11 is 0.851. The molecule has 47 heavy (non-hydrogen) atoms. The molecule has 2 aliphatic heterocycles. The van der Waals surface area contributed by atoms with Gasteiger partial charge >= 0.3 is 12.1 Å². The van der Waals surface area contributed by atoms with Crippen molar-refractivity contribution in [2.75, 3.05) is 43.1 Å². The zero-order valence-corrected chi connectivity index (χ0v) is 27.1. The Morgan fingerprint density at radius 1 is 1.23 bits per heavy atom. The molecule has 3 fully saturated rings. The van der Waals surface area contributed by atoms with Crippen molar-refractivity contribution < 1.29 is 32.9 Å². The molecular formula is C33H34F2N6O5S. The van der Waals surface area contributed by atoms with Gasteiger partial charge in [-0.1, -0.05) is 0 Å². The van der Waals surface area contributed by atoms with Crippen molar-refractivity contribution in [3.63, 3.8) is 0 Å². The fourth-order valence-corrected chi connectivity index (χ4v) is 7.28. The molecule has 0 radical (unpaired) electrons. The number of anilines is 2. The molecule has 1 aromatic carbocycles. The third kappa shape index (κ3) is 5.81. The molecule has 4 aromatic rings. The second-order valence-electron chi connectivity index (χ2n) is 13.6. The first-order valence-corrected chi connectivity index (χ1v) is 16.4. The first-order valence-electron chi connectivity index (χ1n) is 15.6. The van der Waals surface area contributed by atoms with E-state index < -0.39 is 23.3 Å². The van der Waals surface area contributed by atoms with Crippen LogP contribution in [0.15, 0.2) is 18.3 Å². The number of thiophene rings is 1. The van der Waals surface area contributed by atoms with Crippen LogP contribution < -0.4 is 15.0 Å². The van der Waals surface area contributed by atoms with Gasteiger partial charge in [-0.3, -0.25) is 10.3 Å². The minimum atomic E-state index is -0.810. The van der Waals surface area contributed by atoms with E-state index in [2.05, 4.69) is 20.2 Å². The zero-order chi connectivity index (χ0) is 33.1. The van der Waals surface area contributed by atoms with Crippen molar-refractivity contribution in [3.8, 4) is 23.3 Å². The minimum Gasteiger partial charge on any atom is -0.463 e. The van der Waals surface area contributed by atoms with Gasteiger partial charge in [0.1, 0.15) is 39.5 Å². The molecule has 1 atom stereocenters. The predicted octanol–water partition coefficient (Wildman–Crippen LogP) is 6.31. The summed E-state index contributed by atoms with van der Waals surface area (Å²) in [7, 11) is 0. The average molecular weight is 665 g/mol. The lowest BCUT2D eigenvalue weighted by atomic mass is 9.86. The molecule has 0 unspecified atom stereocenters. The first-order chi connectivity index (χ1) is 22.4. The van der Waals surface area contributed by atoms with Crippen LogP contribution in [0.1, 0.15) is 58.4 Å². The number of carbonyl (C=O) groups is 1. The Morgan fingerprint density at radius 3 is 2.68 bits per heavy atom. The van der Waals surface area contributed by atoms with Gasteiger partial charge < -0.3 is 24.2 Å². The Morgan fingerprint density at radius 2 is 2.02 bits per heavy atom. The lowest BCUT2D eigenvalue weighted by Crippen LogP contribution is -2.56. The number of piperidine rings is 1. The monoisotopic (exact) mass is 664 g/mol. The van der Waals surface area contributed by atoms with Gasteiger partial charge in [0.05, 0.1) is 41.1 Å². The molecule has 1 aliphatic carbocycles. The lowest BCUT2D eigenvalue weighted by Gasteiger charge is -2.48. The van der Waals surface area contributed by atoms with Crippen LogP contribution in [0.5, 0.6) is 6.01 Å². The van der Waals surface area contributed by atoms with E-state index >= 15 is 8.78 Å². The van der Waals surface area contributed by atoms with Gasteiger partial charge in [-0.05, 0) is 58.6 Å². The number of aliphatic hydroxyl groups is 1. The van der Waals surface area contributed by atoms with Crippen molar-refractivity contribution >= 4 is 49.2 Å². The van der Waals surface area contributed by atoms with Gasteiger partial charge in [0.15, 0.2) is 5.82 Å². The molecule has 11 nitrogen and oxygen atoms in total. The topological polar surface area (TPSA) is 143 Å². The Labute approximate surface area is 273 Å². The van der Waals surface area contributed by atoms with E-state index in [-0.39, 0.29) is 67.7 Å². The van der Waals surface area contributed by atoms with E-state index in [1.54, 1.807) is 20.8 Å². The van der Waals surface area contributed by atoms with Gasteiger partial charge in [-0.15, -0.1) is 11.3 Å². The number of halogens is 2. The van der Waals surface area contributed by atoms with Crippen molar-refractivity contribution in [2.45, 2.75) is 64.1 Å². The highest BCUT2D eigenvalue weighted by atomic mass is 32.1. The molecule has 2 saturated heterocycles. The SMILES string of the molecule is CC(C)(C)OC(=O)Nc1sc2c(F)ccc(-c3ncc4c(N5CCC[C@]6(CCO6)C5)nc(OCC5(CO)CC5)nc4c3F)c2c1C#N. The molecule has 7 rings (SSSR count). The number of nitrogens with one attached hydrogen (secondary N) is 1. The van der Waals surface area contributed by atoms with E-state index in [0.29, 0.717) is 30.9 Å². The van der Waals surface area contributed by atoms with E-state index in [1.165, 1.54) is 18.3 Å². The van der Waals surface area contributed by atoms with Crippen LogP contribution in [0.4, 0.5) is 24.4 Å². The third-order valence-corrected chi connectivity index (χ3v) is 10.1. The van der Waals surface area contributed by atoms with Crippen LogP contribution in [-0.4, -0.2) is 70.3 Å². The fourth-order valence-electron chi connectivity index (χ4n) is 6.21. The number of aliphatic hydroxyl groups excluding tert-OH is 1. The largest absolute Gasteiger partial charge is 0.463 e. The number of ether oxygens (including phenoxy) is 3. The quantitative estimate of drug-likeness (QED) is 0.231. The summed E-state index contributed by atoms with van der Waals surface area (Å²) < 4.78 is 49.3. The maximum absolute atomic E-state index is 16.8. The molecule has 1 spiro atoms.